The van der Waals surface area contributed by atoms with Gasteiger partial charge in [-0.2, -0.15) is 0 Å². The molecule has 0 unspecified atom stereocenters. The highest BCUT2D eigenvalue weighted by atomic mass is 32.2. The molecular formula is C17H17FN4OS. The number of aromatic nitrogens is 3. The SMILES string of the molecule is Cc1cccc(OCCSc2nnc(-c3cccc(F)c3)n2N)c1. The highest BCUT2D eigenvalue weighted by Crippen LogP contribution is 2.22. The first kappa shape index (κ1) is 16.3. The van der Waals surface area contributed by atoms with Crippen LogP contribution in [0.4, 0.5) is 4.39 Å². The molecule has 1 aromatic heterocycles. The highest BCUT2D eigenvalue weighted by molar-refractivity contribution is 7.99. The number of thioether (sulfide) groups is 1. The Labute approximate surface area is 143 Å². The Balaban J connectivity index is 1.58. The highest BCUT2D eigenvalue weighted by Gasteiger charge is 2.12. The Kier molecular flexibility index (Phi) is 5.00. The van der Waals surface area contributed by atoms with E-state index in [-0.39, 0.29) is 5.82 Å². The average molecular weight is 344 g/mol. The van der Waals surface area contributed by atoms with Crippen LogP contribution in [0.25, 0.3) is 11.4 Å². The molecule has 3 rings (SSSR count). The third-order valence-electron chi connectivity index (χ3n) is 3.32. The number of nitrogens with two attached hydrogens (primary N) is 1. The monoisotopic (exact) mass is 344 g/mol. The second-order valence-electron chi connectivity index (χ2n) is 5.20. The lowest BCUT2D eigenvalue weighted by Crippen LogP contribution is -2.12. The normalized spacial score (nSPS) is 10.8. The zero-order valence-corrected chi connectivity index (χ0v) is 14.0. The van der Waals surface area contributed by atoms with Gasteiger partial charge >= 0.3 is 0 Å². The smallest absolute Gasteiger partial charge is 0.210 e. The van der Waals surface area contributed by atoms with E-state index in [0.717, 1.165) is 11.3 Å². The molecule has 0 saturated heterocycles. The Hall–Kier alpha value is -2.54. The molecule has 0 bridgehead atoms. The number of hydrogen-bond acceptors (Lipinski definition) is 5. The fourth-order valence-corrected chi connectivity index (χ4v) is 2.87. The van der Waals surface area contributed by atoms with Crippen LogP contribution in [0.5, 0.6) is 5.75 Å². The third-order valence-corrected chi connectivity index (χ3v) is 4.23. The standard InChI is InChI=1S/C17H17FN4OS/c1-12-4-2-7-15(10-12)23-8-9-24-17-21-20-16(22(17)19)13-5-3-6-14(18)11-13/h2-7,10-11H,8-9,19H2,1H3. The molecule has 5 nitrogen and oxygen atoms in total. The van der Waals surface area contributed by atoms with E-state index in [1.807, 2.05) is 31.2 Å². The van der Waals surface area contributed by atoms with E-state index in [9.17, 15) is 4.39 Å². The van der Waals surface area contributed by atoms with Crippen molar-refractivity contribution in [3.05, 3.63) is 59.9 Å². The number of benzene rings is 2. The van der Waals surface area contributed by atoms with Crippen LogP contribution in [0, 0.1) is 12.7 Å². The second kappa shape index (κ2) is 7.35. The largest absolute Gasteiger partial charge is 0.493 e. The van der Waals surface area contributed by atoms with Gasteiger partial charge in [0.1, 0.15) is 11.6 Å². The number of nitrogen functional groups attached to an aromatic ring is 1. The molecule has 0 radical (unpaired) electrons. The van der Waals surface area contributed by atoms with Crippen molar-refractivity contribution in [3.8, 4) is 17.1 Å². The quantitative estimate of drug-likeness (QED) is 0.422. The number of hydrogen-bond donors (Lipinski definition) is 1. The molecule has 0 fully saturated rings. The van der Waals surface area contributed by atoms with Gasteiger partial charge in [0, 0.05) is 11.3 Å². The van der Waals surface area contributed by atoms with Crippen molar-refractivity contribution in [2.24, 2.45) is 0 Å². The van der Waals surface area contributed by atoms with Crippen LogP contribution >= 0.6 is 11.8 Å². The third kappa shape index (κ3) is 3.86. The molecule has 3 aromatic rings. The van der Waals surface area contributed by atoms with Crippen molar-refractivity contribution in [2.45, 2.75) is 12.1 Å². The number of rotatable bonds is 6. The van der Waals surface area contributed by atoms with Crippen LogP contribution in [-0.4, -0.2) is 27.2 Å². The number of nitrogens with zero attached hydrogens (tertiary/aromatic N) is 3. The molecule has 7 heteroatoms. The van der Waals surface area contributed by atoms with Gasteiger partial charge in [-0.15, -0.1) is 10.2 Å². The topological polar surface area (TPSA) is 66.0 Å². The van der Waals surface area contributed by atoms with E-state index in [2.05, 4.69) is 10.2 Å². The summed E-state index contributed by atoms with van der Waals surface area (Å²) in [5.41, 5.74) is 1.74. The molecule has 0 saturated carbocycles. The van der Waals surface area contributed by atoms with Gasteiger partial charge < -0.3 is 10.6 Å². The van der Waals surface area contributed by atoms with Gasteiger partial charge in [0.15, 0.2) is 5.82 Å². The summed E-state index contributed by atoms with van der Waals surface area (Å²) in [6.45, 7) is 2.54. The van der Waals surface area contributed by atoms with Crippen molar-refractivity contribution >= 4 is 11.8 Å². The lowest BCUT2D eigenvalue weighted by atomic mass is 10.2. The van der Waals surface area contributed by atoms with E-state index in [0.29, 0.717) is 28.9 Å². The van der Waals surface area contributed by atoms with Gasteiger partial charge in [0.05, 0.1) is 6.61 Å². The first-order valence-corrected chi connectivity index (χ1v) is 8.41. The zero-order valence-electron chi connectivity index (χ0n) is 13.1. The van der Waals surface area contributed by atoms with E-state index in [1.165, 1.54) is 28.6 Å². The molecule has 0 amide bonds. The van der Waals surface area contributed by atoms with Crippen LogP contribution in [0.3, 0.4) is 0 Å². The summed E-state index contributed by atoms with van der Waals surface area (Å²) in [6.07, 6.45) is 0. The fraction of sp³-hybridized carbons (Fsp3) is 0.176. The zero-order chi connectivity index (χ0) is 16.9. The predicted octanol–water partition coefficient (Wildman–Crippen LogP) is 3.28. The molecule has 24 heavy (non-hydrogen) atoms. The minimum Gasteiger partial charge on any atom is -0.493 e. The van der Waals surface area contributed by atoms with Crippen molar-refractivity contribution in [3.63, 3.8) is 0 Å². The Morgan fingerprint density at radius 3 is 2.79 bits per heavy atom. The number of ether oxygens (including phenoxy) is 1. The molecule has 0 aliphatic rings. The molecule has 2 N–H and O–H groups in total. The number of halogens is 1. The van der Waals surface area contributed by atoms with Gasteiger partial charge in [-0.05, 0) is 36.8 Å². The van der Waals surface area contributed by atoms with E-state index < -0.39 is 0 Å². The predicted molar refractivity (Wildman–Crippen MR) is 93.0 cm³/mol. The molecule has 0 spiro atoms. The maximum Gasteiger partial charge on any atom is 0.210 e. The molecule has 0 aliphatic carbocycles. The molecule has 2 aromatic carbocycles. The Bertz CT molecular complexity index is 837. The van der Waals surface area contributed by atoms with Crippen molar-refractivity contribution in [1.82, 2.24) is 14.9 Å². The lowest BCUT2D eigenvalue weighted by Gasteiger charge is -2.07. The average Bonchev–Trinajstić information content (AvgIpc) is 2.93. The van der Waals surface area contributed by atoms with Gasteiger partial charge in [0.25, 0.3) is 0 Å². The summed E-state index contributed by atoms with van der Waals surface area (Å²) in [5, 5.41) is 8.65. The lowest BCUT2D eigenvalue weighted by molar-refractivity contribution is 0.343. The summed E-state index contributed by atoms with van der Waals surface area (Å²) in [7, 11) is 0. The molecular weight excluding hydrogens is 327 g/mol. The Morgan fingerprint density at radius 1 is 1.17 bits per heavy atom. The van der Waals surface area contributed by atoms with Crippen molar-refractivity contribution in [2.75, 3.05) is 18.2 Å². The van der Waals surface area contributed by atoms with Crippen LogP contribution < -0.4 is 10.6 Å². The van der Waals surface area contributed by atoms with Crippen LogP contribution in [-0.2, 0) is 0 Å². The fourth-order valence-electron chi connectivity index (χ4n) is 2.20. The molecule has 0 aliphatic heterocycles. The van der Waals surface area contributed by atoms with Gasteiger partial charge in [-0.25, -0.2) is 9.07 Å². The van der Waals surface area contributed by atoms with Crippen LogP contribution in [0.2, 0.25) is 0 Å². The van der Waals surface area contributed by atoms with E-state index >= 15 is 0 Å². The summed E-state index contributed by atoms with van der Waals surface area (Å²) < 4.78 is 20.4. The van der Waals surface area contributed by atoms with Gasteiger partial charge in [-0.1, -0.05) is 36.0 Å². The molecule has 1 heterocycles. The first-order valence-electron chi connectivity index (χ1n) is 7.42. The van der Waals surface area contributed by atoms with Crippen LogP contribution in [0.1, 0.15) is 5.56 Å². The minimum absolute atomic E-state index is 0.337. The van der Waals surface area contributed by atoms with Gasteiger partial charge in [0.2, 0.25) is 5.16 Å². The number of aryl methyl sites for hydroxylation is 1. The van der Waals surface area contributed by atoms with E-state index in [4.69, 9.17) is 10.6 Å². The Morgan fingerprint density at radius 2 is 2.00 bits per heavy atom. The van der Waals surface area contributed by atoms with Crippen molar-refractivity contribution in [1.29, 1.82) is 0 Å². The minimum atomic E-state index is -0.337. The van der Waals surface area contributed by atoms with Crippen LogP contribution in [0.15, 0.2) is 53.7 Å². The summed E-state index contributed by atoms with van der Waals surface area (Å²) in [6, 6.07) is 14.0. The van der Waals surface area contributed by atoms with Gasteiger partial charge in [-0.3, -0.25) is 0 Å². The molecule has 0 atom stereocenters. The van der Waals surface area contributed by atoms with E-state index in [1.54, 1.807) is 12.1 Å². The summed E-state index contributed by atoms with van der Waals surface area (Å²) in [5.74, 6) is 7.61. The first-order chi connectivity index (χ1) is 11.6. The maximum absolute atomic E-state index is 13.3. The maximum atomic E-state index is 13.3. The second-order valence-corrected chi connectivity index (χ2v) is 6.26. The van der Waals surface area contributed by atoms with Crippen molar-refractivity contribution < 1.29 is 9.13 Å². The summed E-state index contributed by atoms with van der Waals surface area (Å²) >= 11 is 1.44. The molecule has 124 valence electrons. The summed E-state index contributed by atoms with van der Waals surface area (Å²) in [4.78, 5) is 0.